The molecule has 2 aromatic heterocycles. The van der Waals surface area contributed by atoms with Gasteiger partial charge in [-0.15, -0.1) is 22.7 Å². The summed E-state index contributed by atoms with van der Waals surface area (Å²) in [7, 11) is -3.72. The lowest BCUT2D eigenvalue weighted by atomic mass is 10.0. The molecular formula is C16H19N3O5S3. The number of thiazole rings is 1. The summed E-state index contributed by atoms with van der Waals surface area (Å²) in [6.07, 6.45) is 1.91. The molecular weight excluding hydrogens is 410 g/mol. The molecule has 0 aliphatic carbocycles. The van der Waals surface area contributed by atoms with Gasteiger partial charge in [-0.3, -0.25) is 4.79 Å². The molecule has 11 heteroatoms. The molecule has 1 atom stereocenters. The maximum Gasteiger partial charge on any atom is 0.357 e. The van der Waals surface area contributed by atoms with Crippen molar-refractivity contribution in [2.24, 2.45) is 0 Å². The molecule has 1 saturated heterocycles. The molecule has 3 rings (SSSR count). The second kappa shape index (κ2) is 8.46. The van der Waals surface area contributed by atoms with Gasteiger partial charge in [-0.1, -0.05) is 12.5 Å². The normalized spacial score (nSPS) is 18.2. The van der Waals surface area contributed by atoms with E-state index in [4.69, 9.17) is 4.74 Å². The van der Waals surface area contributed by atoms with Gasteiger partial charge in [-0.2, -0.15) is 4.31 Å². The molecule has 1 unspecified atom stereocenters. The number of rotatable bonds is 6. The highest BCUT2D eigenvalue weighted by Gasteiger charge is 2.38. The Morgan fingerprint density at radius 2 is 2.19 bits per heavy atom. The molecule has 3 heterocycles. The van der Waals surface area contributed by atoms with E-state index in [1.165, 1.54) is 15.8 Å². The Morgan fingerprint density at radius 1 is 1.37 bits per heavy atom. The highest BCUT2D eigenvalue weighted by atomic mass is 32.2. The van der Waals surface area contributed by atoms with Crippen molar-refractivity contribution < 1.29 is 22.7 Å². The summed E-state index contributed by atoms with van der Waals surface area (Å²) in [6, 6.07) is 2.40. The molecule has 1 amide bonds. The zero-order chi connectivity index (χ0) is 19.4. The van der Waals surface area contributed by atoms with E-state index in [1.807, 2.05) is 0 Å². The maximum absolute atomic E-state index is 12.9. The number of carbonyl (C=O) groups excluding carboxylic acids is 2. The second-order valence-electron chi connectivity index (χ2n) is 5.81. The third-order valence-corrected chi connectivity index (χ3v) is 8.07. The largest absolute Gasteiger partial charge is 0.461 e. The Bertz CT molecular complexity index is 908. The van der Waals surface area contributed by atoms with Gasteiger partial charge in [0, 0.05) is 11.9 Å². The quantitative estimate of drug-likeness (QED) is 0.708. The van der Waals surface area contributed by atoms with Crippen LogP contribution in [-0.4, -0.2) is 48.8 Å². The molecule has 27 heavy (non-hydrogen) atoms. The number of carbonyl (C=O) groups is 2. The van der Waals surface area contributed by atoms with Crippen LogP contribution >= 0.6 is 22.7 Å². The molecule has 0 aromatic carbocycles. The molecule has 1 N–H and O–H groups in total. The summed E-state index contributed by atoms with van der Waals surface area (Å²) in [6.45, 7) is 2.22. The summed E-state index contributed by atoms with van der Waals surface area (Å²) in [5.74, 6) is -1.01. The molecule has 8 nitrogen and oxygen atoms in total. The van der Waals surface area contributed by atoms with Crippen LogP contribution in [0.25, 0.3) is 0 Å². The van der Waals surface area contributed by atoms with E-state index >= 15 is 0 Å². The van der Waals surface area contributed by atoms with E-state index in [-0.39, 0.29) is 21.6 Å². The predicted molar refractivity (Wildman–Crippen MR) is 103 cm³/mol. The van der Waals surface area contributed by atoms with E-state index in [1.54, 1.807) is 18.4 Å². The van der Waals surface area contributed by atoms with E-state index in [2.05, 4.69) is 10.3 Å². The van der Waals surface area contributed by atoms with Gasteiger partial charge in [-0.25, -0.2) is 18.2 Å². The van der Waals surface area contributed by atoms with Crippen LogP contribution in [0.2, 0.25) is 0 Å². The Morgan fingerprint density at radius 3 is 2.89 bits per heavy atom. The number of anilines is 1. The van der Waals surface area contributed by atoms with Gasteiger partial charge in [0.1, 0.15) is 10.3 Å². The number of ether oxygens (including phenoxy) is 1. The fourth-order valence-electron chi connectivity index (χ4n) is 2.80. The number of nitrogens with one attached hydrogen (secondary N) is 1. The van der Waals surface area contributed by atoms with E-state index < -0.39 is 27.9 Å². The van der Waals surface area contributed by atoms with Crippen molar-refractivity contribution >= 4 is 49.7 Å². The number of piperidine rings is 1. The van der Waals surface area contributed by atoms with Crippen LogP contribution in [0.1, 0.15) is 36.7 Å². The van der Waals surface area contributed by atoms with Gasteiger partial charge in [-0.05, 0) is 31.2 Å². The van der Waals surface area contributed by atoms with E-state index in [9.17, 15) is 18.0 Å². The minimum Gasteiger partial charge on any atom is -0.461 e. The number of thiophene rings is 1. The van der Waals surface area contributed by atoms with Crippen molar-refractivity contribution in [2.75, 3.05) is 18.5 Å². The molecule has 0 saturated carbocycles. The van der Waals surface area contributed by atoms with Crippen LogP contribution in [0.4, 0.5) is 5.13 Å². The highest BCUT2D eigenvalue weighted by Crippen LogP contribution is 2.29. The maximum atomic E-state index is 12.9. The zero-order valence-corrected chi connectivity index (χ0v) is 17.0. The molecule has 1 aliphatic heterocycles. The Labute approximate surface area is 165 Å². The first-order valence-electron chi connectivity index (χ1n) is 8.42. The molecule has 2 aromatic rings. The first-order chi connectivity index (χ1) is 12.9. The van der Waals surface area contributed by atoms with Gasteiger partial charge in [0.05, 0.1) is 6.61 Å². The lowest BCUT2D eigenvalue weighted by molar-refractivity contribution is -0.120. The smallest absolute Gasteiger partial charge is 0.357 e. The highest BCUT2D eigenvalue weighted by molar-refractivity contribution is 7.91. The van der Waals surface area contributed by atoms with Crippen LogP contribution in [0, 0.1) is 0 Å². The SMILES string of the molecule is CCOC(=O)c1csc(NC(=O)C2CCCCN2S(=O)(=O)c2cccs2)n1. The average molecular weight is 430 g/mol. The number of sulfonamides is 1. The lowest BCUT2D eigenvalue weighted by Crippen LogP contribution is -2.49. The monoisotopic (exact) mass is 429 g/mol. The Hall–Kier alpha value is -1.82. The number of hydrogen-bond donors (Lipinski definition) is 1. The minimum atomic E-state index is -3.72. The van der Waals surface area contributed by atoms with Crippen molar-refractivity contribution in [3.05, 3.63) is 28.6 Å². The summed E-state index contributed by atoms with van der Waals surface area (Å²) in [4.78, 5) is 28.5. The van der Waals surface area contributed by atoms with Crippen molar-refractivity contribution in [3.63, 3.8) is 0 Å². The van der Waals surface area contributed by atoms with Crippen molar-refractivity contribution in [1.82, 2.24) is 9.29 Å². The topological polar surface area (TPSA) is 106 Å². The molecule has 146 valence electrons. The summed E-state index contributed by atoms with van der Waals surface area (Å²) in [5.41, 5.74) is 0.115. The van der Waals surface area contributed by atoms with Gasteiger partial charge in [0.15, 0.2) is 10.8 Å². The first-order valence-corrected chi connectivity index (χ1v) is 11.6. The number of amides is 1. The number of aromatic nitrogens is 1. The van der Waals surface area contributed by atoms with Crippen LogP contribution in [-0.2, 0) is 19.6 Å². The van der Waals surface area contributed by atoms with E-state index in [0.717, 1.165) is 29.1 Å². The van der Waals surface area contributed by atoms with Crippen LogP contribution in [0.15, 0.2) is 27.1 Å². The van der Waals surface area contributed by atoms with Gasteiger partial charge >= 0.3 is 5.97 Å². The fourth-order valence-corrected chi connectivity index (χ4v) is 6.26. The molecule has 1 fully saturated rings. The van der Waals surface area contributed by atoms with Crippen molar-refractivity contribution in [1.29, 1.82) is 0 Å². The number of nitrogens with zero attached hydrogens (tertiary/aromatic N) is 2. The predicted octanol–water partition coefficient (Wildman–Crippen LogP) is 2.56. The lowest BCUT2D eigenvalue weighted by Gasteiger charge is -2.32. The molecule has 0 spiro atoms. The summed E-state index contributed by atoms with van der Waals surface area (Å²) < 4.78 is 32.1. The third kappa shape index (κ3) is 4.37. The molecule has 1 aliphatic rings. The van der Waals surface area contributed by atoms with Gasteiger partial charge in [0.2, 0.25) is 5.91 Å². The van der Waals surface area contributed by atoms with Gasteiger partial charge in [0.25, 0.3) is 10.0 Å². The van der Waals surface area contributed by atoms with E-state index in [0.29, 0.717) is 19.4 Å². The van der Waals surface area contributed by atoms with Crippen molar-refractivity contribution in [3.8, 4) is 0 Å². The Kier molecular flexibility index (Phi) is 6.25. The van der Waals surface area contributed by atoms with Crippen LogP contribution in [0.5, 0.6) is 0 Å². The average Bonchev–Trinajstić information content (AvgIpc) is 3.34. The summed E-state index contributed by atoms with van der Waals surface area (Å²) >= 11 is 2.22. The summed E-state index contributed by atoms with van der Waals surface area (Å²) in [5, 5.41) is 6.06. The van der Waals surface area contributed by atoms with Crippen molar-refractivity contribution in [2.45, 2.75) is 36.4 Å². The molecule has 0 radical (unpaired) electrons. The number of esters is 1. The standard InChI is InChI=1S/C16H19N3O5S3/c1-2-24-15(21)11-10-26-16(17-11)18-14(20)12-6-3-4-8-19(12)27(22,23)13-7-5-9-25-13/h5,7,9-10,12H,2-4,6,8H2,1H3,(H,17,18,20). The van der Waals surface area contributed by atoms with Crippen LogP contribution < -0.4 is 5.32 Å². The van der Waals surface area contributed by atoms with Gasteiger partial charge < -0.3 is 10.1 Å². The minimum absolute atomic E-state index is 0.115. The second-order valence-corrected chi connectivity index (χ2v) is 9.73. The van der Waals surface area contributed by atoms with Crippen LogP contribution in [0.3, 0.4) is 0 Å². The zero-order valence-electron chi connectivity index (χ0n) is 14.6. The Balaban J connectivity index is 1.75. The fraction of sp³-hybridized carbons (Fsp3) is 0.438. The molecule has 0 bridgehead atoms. The number of hydrogen-bond acceptors (Lipinski definition) is 8. The first kappa shape index (κ1) is 19.9. The third-order valence-electron chi connectivity index (χ3n) is 4.03.